The topological polar surface area (TPSA) is 93.7 Å². The Morgan fingerprint density at radius 2 is 1.93 bits per heavy atom. The minimum atomic E-state index is -0.282. The first-order valence-electron chi connectivity index (χ1n) is 9.25. The molecule has 0 bridgehead atoms. The summed E-state index contributed by atoms with van der Waals surface area (Å²) in [7, 11) is 1.59. The Hall–Kier alpha value is -2.52. The average molecular weight is 404 g/mol. The highest BCUT2D eigenvalue weighted by Gasteiger charge is 2.26. The highest BCUT2D eigenvalue weighted by molar-refractivity contribution is 7.13. The summed E-state index contributed by atoms with van der Waals surface area (Å²) in [4.78, 5) is 26.4. The van der Waals surface area contributed by atoms with Crippen LogP contribution in [-0.2, 0) is 16.1 Å². The number of piperidine rings is 1. The van der Waals surface area contributed by atoms with Crippen LogP contribution in [0.25, 0.3) is 0 Å². The number of aromatic nitrogens is 2. The molecule has 1 aliphatic rings. The molecule has 1 aromatic carbocycles. The molecule has 9 heteroatoms. The Kier molecular flexibility index (Phi) is 6.94. The quantitative estimate of drug-likeness (QED) is 0.709. The fourth-order valence-electron chi connectivity index (χ4n) is 3.05. The Balaban J connectivity index is 1.50. The third-order valence-electron chi connectivity index (χ3n) is 4.58. The van der Waals surface area contributed by atoms with Crippen LogP contribution in [0, 0.1) is 5.92 Å². The number of methoxy groups -OCH3 is 1. The van der Waals surface area contributed by atoms with Crippen molar-refractivity contribution in [2.24, 2.45) is 5.92 Å². The van der Waals surface area contributed by atoms with Crippen LogP contribution in [-0.4, -0.2) is 53.8 Å². The molecule has 28 heavy (non-hydrogen) atoms. The Morgan fingerprint density at radius 3 is 2.57 bits per heavy atom. The summed E-state index contributed by atoms with van der Waals surface area (Å²) < 4.78 is 10.2. The Bertz CT molecular complexity index is 801. The first kappa shape index (κ1) is 20.2. The Labute approximate surface area is 167 Å². The first-order valence-corrected chi connectivity index (χ1v) is 10.1. The number of anilines is 1. The number of rotatable bonds is 7. The van der Waals surface area contributed by atoms with Gasteiger partial charge in [0.1, 0.15) is 10.8 Å². The zero-order chi connectivity index (χ0) is 19.9. The molecule has 1 aromatic heterocycles. The third kappa shape index (κ3) is 5.26. The van der Waals surface area contributed by atoms with E-state index in [4.69, 9.17) is 9.47 Å². The van der Waals surface area contributed by atoms with E-state index in [0.29, 0.717) is 23.8 Å². The van der Waals surface area contributed by atoms with Gasteiger partial charge in [-0.2, -0.15) is 0 Å². The second-order valence-corrected chi connectivity index (χ2v) is 7.55. The molecule has 1 N–H and O–H groups in total. The molecule has 2 aromatic rings. The van der Waals surface area contributed by atoms with Gasteiger partial charge in [-0.05, 0) is 57.1 Å². The number of hydrogen-bond acceptors (Lipinski definition) is 8. The lowest BCUT2D eigenvalue weighted by Crippen LogP contribution is -2.36. The summed E-state index contributed by atoms with van der Waals surface area (Å²) in [5.74, 6) is 0.324. The van der Waals surface area contributed by atoms with Crippen molar-refractivity contribution in [3.05, 3.63) is 34.3 Å². The number of esters is 1. The number of likely N-dealkylation sites (tertiary alicyclic amines) is 1. The summed E-state index contributed by atoms with van der Waals surface area (Å²) in [6.07, 6.45) is 1.56. The fraction of sp³-hybridized carbons (Fsp3) is 0.474. The van der Waals surface area contributed by atoms with Gasteiger partial charge in [0.05, 0.1) is 26.2 Å². The SMILES string of the molecule is CCOC(=O)C1CCN(Cc2nnc(C(=O)Nc3ccc(OC)cc3)s2)CC1. The van der Waals surface area contributed by atoms with E-state index in [9.17, 15) is 9.59 Å². The largest absolute Gasteiger partial charge is 0.497 e. The van der Waals surface area contributed by atoms with Gasteiger partial charge in [0.2, 0.25) is 5.01 Å². The highest BCUT2D eigenvalue weighted by atomic mass is 32.1. The van der Waals surface area contributed by atoms with Gasteiger partial charge in [-0.1, -0.05) is 11.3 Å². The van der Waals surface area contributed by atoms with Crippen LogP contribution in [0.15, 0.2) is 24.3 Å². The molecule has 1 amide bonds. The number of hydrogen-bond donors (Lipinski definition) is 1. The van der Waals surface area contributed by atoms with Crippen molar-refractivity contribution in [3.63, 3.8) is 0 Å². The third-order valence-corrected chi connectivity index (χ3v) is 5.48. The Morgan fingerprint density at radius 1 is 1.21 bits per heavy atom. The van der Waals surface area contributed by atoms with Gasteiger partial charge in [-0.15, -0.1) is 10.2 Å². The van der Waals surface area contributed by atoms with E-state index in [-0.39, 0.29) is 17.8 Å². The number of carbonyl (C=O) groups is 2. The minimum Gasteiger partial charge on any atom is -0.497 e. The number of carbonyl (C=O) groups excluding carboxylic acids is 2. The van der Waals surface area contributed by atoms with Crippen molar-refractivity contribution in [2.75, 3.05) is 32.1 Å². The lowest BCUT2D eigenvalue weighted by atomic mass is 9.97. The molecule has 0 unspecified atom stereocenters. The van der Waals surface area contributed by atoms with E-state index in [0.717, 1.165) is 36.7 Å². The first-order chi connectivity index (χ1) is 13.6. The van der Waals surface area contributed by atoms with Crippen molar-refractivity contribution in [1.82, 2.24) is 15.1 Å². The predicted octanol–water partition coefficient (Wildman–Crippen LogP) is 2.57. The summed E-state index contributed by atoms with van der Waals surface area (Å²) in [6.45, 7) is 4.48. The van der Waals surface area contributed by atoms with Gasteiger partial charge in [0.25, 0.3) is 5.91 Å². The summed E-state index contributed by atoms with van der Waals surface area (Å²) in [5.41, 5.74) is 0.670. The van der Waals surface area contributed by atoms with Gasteiger partial charge >= 0.3 is 5.97 Å². The summed E-state index contributed by atoms with van der Waals surface area (Å²) in [5, 5.41) is 12.1. The minimum absolute atomic E-state index is 0.0172. The van der Waals surface area contributed by atoms with Crippen LogP contribution >= 0.6 is 11.3 Å². The van der Waals surface area contributed by atoms with E-state index in [1.165, 1.54) is 11.3 Å². The smallest absolute Gasteiger partial charge is 0.309 e. The number of amides is 1. The van der Waals surface area contributed by atoms with Crippen LogP contribution < -0.4 is 10.1 Å². The molecule has 0 spiro atoms. The standard InChI is InChI=1S/C19H24N4O4S/c1-3-27-19(25)13-8-10-23(11-9-13)12-16-21-22-18(28-16)17(24)20-14-4-6-15(26-2)7-5-14/h4-7,13H,3,8-12H2,1-2H3,(H,20,24). The molecule has 1 saturated heterocycles. The normalized spacial score (nSPS) is 15.2. The van der Waals surface area contributed by atoms with E-state index in [2.05, 4.69) is 20.4 Å². The summed E-state index contributed by atoms with van der Waals surface area (Å²) >= 11 is 1.28. The monoisotopic (exact) mass is 404 g/mol. The van der Waals surface area contributed by atoms with Crippen molar-refractivity contribution >= 4 is 28.9 Å². The molecule has 8 nitrogen and oxygen atoms in total. The second-order valence-electron chi connectivity index (χ2n) is 6.49. The van der Waals surface area contributed by atoms with E-state index >= 15 is 0 Å². The summed E-state index contributed by atoms with van der Waals surface area (Å²) in [6, 6.07) is 7.10. The number of nitrogens with one attached hydrogen (secondary N) is 1. The van der Waals surface area contributed by atoms with Crippen LogP contribution in [0.1, 0.15) is 34.6 Å². The molecule has 0 atom stereocenters. The van der Waals surface area contributed by atoms with Gasteiger partial charge in [0.15, 0.2) is 0 Å². The van der Waals surface area contributed by atoms with Crippen molar-refractivity contribution < 1.29 is 19.1 Å². The van der Waals surface area contributed by atoms with Crippen LogP contribution in [0.4, 0.5) is 5.69 Å². The predicted molar refractivity (Wildman–Crippen MR) is 105 cm³/mol. The maximum absolute atomic E-state index is 12.4. The highest BCUT2D eigenvalue weighted by Crippen LogP contribution is 2.22. The van der Waals surface area contributed by atoms with Crippen LogP contribution in [0.2, 0.25) is 0 Å². The molecular weight excluding hydrogens is 380 g/mol. The van der Waals surface area contributed by atoms with Crippen molar-refractivity contribution in [1.29, 1.82) is 0 Å². The molecule has 2 heterocycles. The van der Waals surface area contributed by atoms with E-state index in [1.807, 2.05) is 6.92 Å². The van der Waals surface area contributed by atoms with Gasteiger partial charge in [0, 0.05) is 5.69 Å². The number of benzene rings is 1. The average Bonchev–Trinajstić information content (AvgIpc) is 3.18. The molecule has 1 aliphatic heterocycles. The fourth-order valence-corrected chi connectivity index (χ4v) is 3.82. The molecule has 1 fully saturated rings. The lowest BCUT2D eigenvalue weighted by molar-refractivity contribution is -0.149. The molecule has 3 rings (SSSR count). The van der Waals surface area contributed by atoms with Gasteiger partial charge in [-0.3, -0.25) is 14.5 Å². The number of ether oxygens (including phenoxy) is 2. The second kappa shape index (κ2) is 9.61. The molecule has 0 aliphatic carbocycles. The van der Waals surface area contributed by atoms with E-state index < -0.39 is 0 Å². The van der Waals surface area contributed by atoms with Crippen molar-refractivity contribution in [2.45, 2.75) is 26.3 Å². The number of nitrogens with zero attached hydrogens (tertiary/aromatic N) is 3. The molecule has 0 saturated carbocycles. The zero-order valence-electron chi connectivity index (χ0n) is 16.0. The van der Waals surface area contributed by atoms with Crippen LogP contribution in [0.3, 0.4) is 0 Å². The maximum atomic E-state index is 12.4. The van der Waals surface area contributed by atoms with Crippen LogP contribution in [0.5, 0.6) is 5.75 Å². The molecule has 0 radical (unpaired) electrons. The maximum Gasteiger partial charge on any atom is 0.309 e. The van der Waals surface area contributed by atoms with E-state index in [1.54, 1.807) is 31.4 Å². The van der Waals surface area contributed by atoms with Crippen molar-refractivity contribution in [3.8, 4) is 5.75 Å². The lowest BCUT2D eigenvalue weighted by Gasteiger charge is -2.29. The molecule has 150 valence electrons. The van der Waals surface area contributed by atoms with Gasteiger partial charge in [-0.25, -0.2) is 0 Å². The van der Waals surface area contributed by atoms with Gasteiger partial charge < -0.3 is 14.8 Å². The molecular formula is C19H24N4O4S. The zero-order valence-corrected chi connectivity index (χ0v) is 16.8.